The number of hydrogen-bond acceptors (Lipinski definition) is 4. The minimum atomic E-state index is -4.31. The molecule has 2 aromatic carbocycles. The lowest BCUT2D eigenvalue weighted by Gasteiger charge is -2.13. The third kappa shape index (κ3) is 9.94. The van der Waals surface area contributed by atoms with Crippen molar-refractivity contribution in [3.63, 3.8) is 0 Å². The fourth-order valence-corrected chi connectivity index (χ4v) is 2.81. The summed E-state index contributed by atoms with van der Waals surface area (Å²) in [4.78, 5) is 4.20. The molecule has 0 aliphatic rings. The van der Waals surface area contributed by atoms with E-state index in [1.54, 1.807) is 33.4 Å². The summed E-state index contributed by atoms with van der Waals surface area (Å²) >= 11 is 0. The summed E-state index contributed by atoms with van der Waals surface area (Å²) < 4.78 is 51.6. The maximum absolute atomic E-state index is 12.1. The Kier molecular flexibility index (Phi) is 12.2. The van der Waals surface area contributed by atoms with Gasteiger partial charge in [0.25, 0.3) is 0 Å². The van der Waals surface area contributed by atoms with Crippen LogP contribution in [0.4, 0.5) is 13.2 Å². The zero-order chi connectivity index (χ0) is 22.7. The summed E-state index contributed by atoms with van der Waals surface area (Å²) in [5.74, 6) is 2.03. The molecule has 6 nitrogen and oxygen atoms in total. The zero-order valence-electron chi connectivity index (χ0n) is 18.3. The average Bonchev–Trinajstić information content (AvgIpc) is 2.76. The minimum Gasteiger partial charge on any atom is -0.493 e. The molecule has 2 aromatic rings. The second-order valence-electron chi connectivity index (χ2n) is 6.72. The number of rotatable bonds is 10. The Hall–Kier alpha value is -2.21. The van der Waals surface area contributed by atoms with Gasteiger partial charge >= 0.3 is 6.18 Å². The Labute approximate surface area is 203 Å². The fourth-order valence-electron chi connectivity index (χ4n) is 2.81. The van der Waals surface area contributed by atoms with Crippen LogP contribution in [0.25, 0.3) is 0 Å². The van der Waals surface area contributed by atoms with Crippen LogP contribution in [0, 0.1) is 0 Å². The van der Waals surface area contributed by atoms with Crippen LogP contribution in [0.15, 0.2) is 47.5 Å². The molecule has 32 heavy (non-hydrogen) atoms. The molecule has 10 heteroatoms. The lowest BCUT2D eigenvalue weighted by atomic mass is 10.1. The van der Waals surface area contributed by atoms with Gasteiger partial charge in [-0.2, -0.15) is 13.2 Å². The van der Waals surface area contributed by atoms with E-state index in [1.807, 2.05) is 30.3 Å². The summed E-state index contributed by atoms with van der Waals surface area (Å²) in [5.41, 5.74) is 2.76. The number of halogens is 4. The van der Waals surface area contributed by atoms with Crippen LogP contribution < -0.4 is 20.1 Å². The van der Waals surface area contributed by atoms with E-state index in [4.69, 9.17) is 9.47 Å². The summed E-state index contributed by atoms with van der Waals surface area (Å²) in [7, 11) is 4.89. The molecule has 2 rings (SSSR count). The number of aliphatic imine (C=N–C) groups is 1. The van der Waals surface area contributed by atoms with Gasteiger partial charge in [-0.15, -0.1) is 24.0 Å². The van der Waals surface area contributed by atoms with E-state index >= 15 is 0 Å². The molecule has 0 bridgehead atoms. The molecule has 0 fully saturated rings. The molecule has 0 unspecified atom stereocenters. The highest BCUT2D eigenvalue weighted by Gasteiger charge is 2.27. The van der Waals surface area contributed by atoms with Crippen molar-refractivity contribution in [2.75, 3.05) is 34.4 Å². The maximum atomic E-state index is 12.1. The fraction of sp³-hybridized carbons (Fsp3) is 0.409. The lowest BCUT2D eigenvalue weighted by molar-refractivity contribution is -0.176. The van der Waals surface area contributed by atoms with Crippen LogP contribution >= 0.6 is 24.0 Å². The van der Waals surface area contributed by atoms with E-state index in [0.717, 1.165) is 17.5 Å². The van der Waals surface area contributed by atoms with E-state index in [1.165, 1.54) is 0 Å². The van der Waals surface area contributed by atoms with Crippen molar-refractivity contribution in [1.82, 2.24) is 10.6 Å². The van der Waals surface area contributed by atoms with Crippen molar-refractivity contribution < 1.29 is 27.4 Å². The van der Waals surface area contributed by atoms with Crippen LogP contribution in [-0.4, -0.2) is 46.6 Å². The standard InChI is InChI=1S/C22H28F3N3O3.HI/c1-26-21(27-11-10-16-8-9-19(29-2)20(12-16)30-3)28-13-17-4-6-18(7-5-17)14-31-15-22(23,24)25;/h4-9,12H,10-11,13-15H2,1-3H3,(H2,26,27,28);1H. The van der Waals surface area contributed by atoms with E-state index in [0.29, 0.717) is 36.1 Å². The molecule has 0 saturated carbocycles. The third-order valence-corrected chi connectivity index (χ3v) is 4.40. The van der Waals surface area contributed by atoms with Crippen molar-refractivity contribution in [1.29, 1.82) is 0 Å². The number of alkyl halides is 3. The van der Waals surface area contributed by atoms with Crippen molar-refractivity contribution in [3.05, 3.63) is 59.2 Å². The molecule has 0 aliphatic heterocycles. The van der Waals surface area contributed by atoms with Gasteiger partial charge in [0.2, 0.25) is 0 Å². The van der Waals surface area contributed by atoms with Gasteiger partial charge in [-0.05, 0) is 35.2 Å². The highest BCUT2D eigenvalue weighted by molar-refractivity contribution is 14.0. The summed E-state index contributed by atoms with van der Waals surface area (Å²) in [5, 5.41) is 6.46. The second kappa shape index (κ2) is 14.0. The highest BCUT2D eigenvalue weighted by Crippen LogP contribution is 2.27. The van der Waals surface area contributed by atoms with Crippen molar-refractivity contribution in [2.45, 2.75) is 25.7 Å². The molecule has 0 radical (unpaired) electrons. The van der Waals surface area contributed by atoms with Gasteiger partial charge in [0.1, 0.15) is 6.61 Å². The van der Waals surface area contributed by atoms with Crippen molar-refractivity contribution >= 4 is 29.9 Å². The molecule has 0 heterocycles. The van der Waals surface area contributed by atoms with Gasteiger partial charge in [0.05, 0.1) is 20.8 Å². The molecule has 0 spiro atoms. The van der Waals surface area contributed by atoms with Crippen LogP contribution in [0.1, 0.15) is 16.7 Å². The second-order valence-corrected chi connectivity index (χ2v) is 6.72. The topological polar surface area (TPSA) is 64.1 Å². The highest BCUT2D eigenvalue weighted by atomic mass is 127. The van der Waals surface area contributed by atoms with Crippen LogP contribution in [-0.2, 0) is 24.3 Å². The molecule has 2 N–H and O–H groups in total. The smallest absolute Gasteiger partial charge is 0.411 e. The molecule has 0 aliphatic carbocycles. The first-order valence-corrected chi connectivity index (χ1v) is 9.72. The normalized spacial score (nSPS) is 11.5. The van der Waals surface area contributed by atoms with Crippen molar-refractivity contribution in [2.24, 2.45) is 4.99 Å². The summed E-state index contributed by atoms with van der Waals surface area (Å²) in [6.07, 6.45) is -3.54. The number of ether oxygens (including phenoxy) is 3. The van der Waals surface area contributed by atoms with E-state index in [-0.39, 0.29) is 30.6 Å². The Balaban J connectivity index is 0.00000512. The molecule has 0 saturated heterocycles. The monoisotopic (exact) mass is 567 g/mol. The largest absolute Gasteiger partial charge is 0.493 e. The summed E-state index contributed by atoms with van der Waals surface area (Å²) in [6, 6.07) is 13.0. The Bertz CT molecular complexity index is 847. The number of guanidine groups is 1. The summed E-state index contributed by atoms with van der Waals surface area (Å²) in [6.45, 7) is -0.126. The molecule has 0 amide bonds. The number of hydrogen-bond donors (Lipinski definition) is 2. The number of nitrogens with zero attached hydrogens (tertiary/aromatic N) is 1. The average molecular weight is 567 g/mol. The van der Waals surface area contributed by atoms with E-state index in [9.17, 15) is 13.2 Å². The van der Waals surface area contributed by atoms with Gasteiger partial charge in [-0.1, -0.05) is 30.3 Å². The number of nitrogens with one attached hydrogen (secondary N) is 2. The van der Waals surface area contributed by atoms with Gasteiger partial charge in [0, 0.05) is 20.1 Å². The Morgan fingerprint density at radius 1 is 0.906 bits per heavy atom. The Morgan fingerprint density at radius 3 is 2.12 bits per heavy atom. The molecular weight excluding hydrogens is 538 g/mol. The Morgan fingerprint density at radius 2 is 1.53 bits per heavy atom. The molecule has 0 aromatic heterocycles. The predicted molar refractivity (Wildman–Crippen MR) is 129 cm³/mol. The SMILES string of the molecule is CN=C(NCCc1ccc(OC)c(OC)c1)NCc1ccc(COCC(F)(F)F)cc1.I. The molecular formula is C22H29F3IN3O3. The van der Waals surface area contributed by atoms with Crippen LogP contribution in [0.2, 0.25) is 0 Å². The van der Waals surface area contributed by atoms with Gasteiger partial charge in [-0.3, -0.25) is 4.99 Å². The van der Waals surface area contributed by atoms with Gasteiger partial charge in [-0.25, -0.2) is 0 Å². The first-order chi connectivity index (χ1) is 14.8. The number of methoxy groups -OCH3 is 2. The van der Waals surface area contributed by atoms with Crippen molar-refractivity contribution in [3.8, 4) is 11.5 Å². The first kappa shape index (κ1) is 27.8. The van der Waals surface area contributed by atoms with Gasteiger partial charge < -0.3 is 24.8 Å². The number of benzene rings is 2. The predicted octanol–water partition coefficient (Wildman–Crippen LogP) is 4.31. The maximum Gasteiger partial charge on any atom is 0.411 e. The first-order valence-electron chi connectivity index (χ1n) is 9.72. The lowest BCUT2D eigenvalue weighted by Crippen LogP contribution is -2.37. The van der Waals surface area contributed by atoms with E-state index < -0.39 is 12.8 Å². The van der Waals surface area contributed by atoms with Crippen LogP contribution in [0.3, 0.4) is 0 Å². The molecule has 178 valence electrons. The quantitative estimate of drug-likeness (QED) is 0.255. The minimum absolute atomic E-state index is 0. The third-order valence-electron chi connectivity index (χ3n) is 4.40. The van der Waals surface area contributed by atoms with Gasteiger partial charge in [0.15, 0.2) is 17.5 Å². The zero-order valence-corrected chi connectivity index (χ0v) is 20.6. The van der Waals surface area contributed by atoms with Crippen LogP contribution in [0.5, 0.6) is 11.5 Å². The molecule has 0 atom stereocenters. The van der Waals surface area contributed by atoms with E-state index in [2.05, 4.69) is 20.4 Å².